The summed E-state index contributed by atoms with van der Waals surface area (Å²) < 4.78 is 5.24. The van der Waals surface area contributed by atoms with Gasteiger partial charge in [0, 0.05) is 13.0 Å². The van der Waals surface area contributed by atoms with E-state index >= 15 is 0 Å². The van der Waals surface area contributed by atoms with E-state index in [1.165, 1.54) is 0 Å². The van der Waals surface area contributed by atoms with Crippen molar-refractivity contribution in [3.05, 3.63) is 35.9 Å². The molecule has 7 heteroatoms. The van der Waals surface area contributed by atoms with Crippen LogP contribution in [0.15, 0.2) is 30.3 Å². The van der Waals surface area contributed by atoms with Crippen molar-refractivity contribution in [2.75, 3.05) is 6.54 Å². The van der Waals surface area contributed by atoms with E-state index in [0.29, 0.717) is 6.42 Å². The summed E-state index contributed by atoms with van der Waals surface area (Å²) >= 11 is 0. The summed E-state index contributed by atoms with van der Waals surface area (Å²) in [4.78, 5) is 35.8. The van der Waals surface area contributed by atoms with Crippen molar-refractivity contribution in [1.29, 1.82) is 0 Å². The van der Waals surface area contributed by atoms with E-state index in [2.05, 4.69) is 0 Å². The lowest BCUT2D eigenvalue weighted by Gasteiger charge is -2.28. The van der Waals surface area contributed by atoms with Crippen molar-refractivity contribution in [1.82, 2.24) is 4.90 Å². The monoisotopic (exact) mass is 351 g/mol. The summed E-state index contributed by atoms with van der Waals surface area (Å²) in [6.07, 6.45) is 1.17. The van der Waals surface area contributed by atoms with Crippen LogP contribution in [0, 0.1) is 0 Å². The summed E-state index contributed by atoms with van der Waals surface area (Å²) in [5.41, 5.74) is 0.793. The van der Waals surface area contributed by atoms with Crippen LogP contribution in [0.25, 0.3) is 0 Å². The van der Waals surface area contributed by atoms with Gasteiger partial charge in [-0.2, -0.15) is 0 Å². The number of carbonyl (C=O) groups is 3. The zero-order chi connectivity index (χ0) is 18.7. The summed E-state index contributed by atoms with van der Waals surface area (Å²) in [5.74, 6) is -2.33. The molecule has 0 saturated carbocycles. The molecule has 0 heterocycles. The molecular formula is C18H25NO6. The predicted molar refractivity (Wildman–Crippen MR) is 91.2 cm³/mol. The van der Waals surface area contributed by atoms with Gasteiger partial charge in [0.15, 0.2) is 0 Å². The number of ether oxygens (including phenoxy) is 1. The first-order chi connectivity index (χ1) is 12.0. The first-order valence-electron chi connectivity index (χ1n) is 8.37. The highest BCUT2D eigenvalue weighted by Gasteiger charge is 2.30. The average Bonchev–Trinajstić information content (AvgIpc) is 2.58. The third kappa shape index (κ3) is 7.69. The molecule has 25 heavy (non-hydrogen) atoms. The van der Waals surface area contributed by atoms with Gasteiger partial charge in [0.05, 0.1) is 0 Å². The van der Waals surface area contributed by atoms with Crippen LogP contribution >= 0.6 is 0 Å². The quantitative estimate of drug-likeness (QED) is 0.594. The van der Waals surface area contributed by atoms with Crippen LogP contribution in [0.4, 0.5) is 4.79 Å². The van der Waals surface area contributed by atoms with E-state index in [-0.39, 0.29) is 26.0 Å². The lowest BCUT2D eigenvalue weighted by molar-refractivity contribution is -0.144. The van der Waals surface area contributed by atoms with E-state index < -0.39 is 24.1 Å². The zero-order valence-corrected chi connectivity index (χ0v) is 14.4. The van der Waals surface area contributed by atoms with E-state index in [4.69, 9.17) is 9.84 Å². The summed E-state index contributed by atoms with van der Waals surface area (Å²) in [6.45, 7) is 2.25. The molecule has 1 amide bonds. The number of benzene rings is 1. The Morgan fingerprint density at radius 1 is 1.12 bits per heavy atom. The fraction of sp³-hybridized carbons (Fsp3) is 0.500. The molecule has 7 nitrogen and oxygen atoms in total. The van der Waals surface area contributed by atoms with Gasteiger partial charge in [-0.05, 0) is 18.4 Å². The van der Waals surface area contributed by atoms with Gasteiger partial charge < -0.3 is 14.9 Å². The van der Waals surface area contributed by atoms with Crippen molar-refractivity contribution in [2.24, 2.45) is 0 Å². The molecule has 0 aliphatic rings. The van der Waals surface area contributed by atoms with Crippen LogP contribution in [0.2, 0.25) is 0 Å². The zero-order valence-electron chi connectivity index (χ0n) is 14.4. The Morgan fingerprint density at radius 3 is 2.36 bits per heavy atom. The molecule has 0 bridgehead atoms. The second-order valence-electron chi connectivity index (χ2n) is 5.73. The van der Waals surface area contributed by atoms with Crippen molar-refractivity contribution in [3.8, 4) is 0 Å². The number of hydrogen-bond donors (Lipinski definition) is 2. The minimum absolute atomic E-state index is 0.0369. The number of nitrogens with zero attached hydrogens (tertiary/aromatic N) is 1. The largest absolute Gasteiger partial charge is 0.481 e. The molecular weight excluding hydrogens is 326 g/mol. The molecule has 0 radical (unpaired) electrons. The van der Waals surface area contributed by atoms with Crippen LogP contribution in [0.1, 0.15) is 44.6 Å². The Hall–Kier alpha value is -2.57. The molecule has 1 atom stereocenters. The Labute approximate surface area is 147 Å². The highest BCUT2D eigenvalue weighted by atomic mass is 16.6. The minimum atomic E-state index is -1.23. The van der Waals surface area contributed by atoms with Gasteiger partial charge in [0.2, 0.25) is 0 Å². The molecule has 0 aliphatic carbocycles. The molecule has 138 valence electrons. The van der Waals surface area contributed by atoms with Crippen LogP contribution in [0.3, 0.4) is 0 Å². The van der Waals surface area contributed by atoms with Crippen LogP contribution in [-0.2, 0) is 20.9 Å². The van der Waals surface area contributed by atoms with Crippen molar-refractivity contribution >= 4 is 18.0 Å². The van der Waals surface area contributed by atoms with Gasteiger partial charge in [-0.3, -0.25) is 9.69 Å². The Morgan fingerprint density at radius 2 is 1.80 bits per heavy atom. The number of aliphatic carboxylic acids is 2. The molecule has 0 spiro atoms. The van der Waals surface area contributed by atoms with E-state index in [0.717, 1.165) is 23.3 Å². The van der Waals surface area contributed by atoms with Crippen molar-refractivity contribution in [3.63, 3.8) is 0 Å². The van der Waals surface area contributed by atoms with Gasteiger partial charge in [0.1, 0.15) is 12.6 Å². The Bertz CT molecular complexity index is 560. The van der Waals surface area contributed by atoms with Crippen LogP contribution in [0.5, 0.6) is 0 Å². The Balaban J connectivity index is 2.78. The lowest BCUT2D eigenvalue weighted by Crippen LogP contribution is -2.46. The van der Waals surface area contributed by atoms with Crippen molar-refractivity contribution < 1.29 is 29.3 Å². The third-order valence-corrected chi connectivity index (χ3v) is 3.74. The molecule has 1 unspecified atom stereocenters. The molecule has 0 saturated heterocycles. The Kier molecular flexibility index (Phi) is 9.06. The minimum Gasteiger partial charge on any atom is -0.481 e. The normalized spacial score (nSPS) is 11.6. The average molecular weight is 351 g/mol. The SMILES string of the molecule is CCCCCN(C(=O)OCc1ccccc1)C(CCC(=O)O)C(=O)O. The first-order valence-corrected chi connectivity index (χ1v) is 8.37. The molecule has 0 aromatic heterocycles. The van der Waals surface area contributed by atoms with Crippen molar-refractivity contribution in [2.45, 2.75) is 51.7 Å². The second-order valence-corrected chi connectivity index (χ2v) is 5.73. The number of rotatable bonds is 11. The maximum atomic E-state index is 12.4. The number of hydrogen-bond acceptors (Lipinski definition) is 4. The molecule has 1 aromatic rings. The smallest absolute Gasteiger partial charge is 0.410 e. The summed E-state index contributed by atoms with van der Waals surface area (Å²) in [5, 5.41) is 18.2. The van der Waals surface area contributed by atoms with Gasteiger partial charge >= 0.3 is 18.0 Å². The third-order valence-electron chi connectivity index (χ3n) is 3.74. The number of carboxylic acid groups (broad SMARTS) is 2. The molecule has 0 aliphatic heterocycles. The van der Waals surface area contributed by atoms with E-state index in [1.807, 2.05) is 25.1 Å². The standard InChI is InChI=1S/C18H25NO6/c1-2-3-7-12-19(15(17(22)23)10-11-16(20)21)18(24)25-13-14-8-5-4-6-9-14/h4-6,8-9,15H,2-3,7,10-13H2,1H3,(H,20,21)(H,22,23). The number of amides is 1. The van der Waals surface area contributed by atoms with E-state index in [1.54, 1.807) is 12.1 Å². The maximum absolute atomic E-state index is 12.4. The fourth-order valence-corrected chi connectivity index (χ4v) is 2.38. The van der Waals surface area contributed by atoms with Gasteiger partial charge in [0.25, 0.3) is 0 Å². The van der Waals surface area contributed by atoms with Gasteiger partial charge in [-0.25, -0.2) is 9.59 Å². The predicted octanol–water partition coefficient (Wildman–Crippen LogP) is 3.13. The number of carboxylic acids is 2. The molecule has 2 N–H and O–H groups in total. The van der Waals surface area contributed by atoms with Crippen LogP contribution < -0.4 is 0 Å². The maximum Gasteiger partial charge on any atom is 0.410 e. The summed E-state index contributed by atoms with van der Waals surface area (Å²) in [6, 6.07) is 7.86. The summed E-state index contributed by atoms with van der Waals surface area (Å²) in [7, 11) is 0. The molecule has 1 aromatic carbocycles. The lowest BCUT2D eigenvalue weighted by atomic mass is 10.1. The van der Waals surface area contributed by atoms with Crippen LogP contribution in [-0.4, -0.2) is 45.7 Å². The van der Waals surface area contributed by atoms with E-state index in [9.17, 15) is 19.5 Å². The molecule has 1 rings (SSSR count). The number of unbranched alkanes of at least 4 members (excludes halogenated alkanes) is 2. The highest BCUT2D eigenvalue weighted by molar-refractivity contribution is 5.80. The van der Waals surface area contributed by atoms with Gasteiger partial charge in [-0.15, -0.1) is 0 Å². The number of carbonyl (C=O) groups excluding carboxylic acids is 1. The highest BCUT2D eigenvalue weighted by Crippen LogP contribution is 2.13. The first kappa shape index (κ1) is 20.5. The van der Waals surface area contributed by atoms with Gasteiger partial charge in [-0.1, -0.05) is 50.1 Å². The second kappa shape index (κ2) is 11.1. The fourth-order valence-electron chi connectivity index (χ4n) is 2.38. The molecule has 0 fully saturated rings. The topological polar surface area (TPSA) is 104 Å².